The normalized spacial score (nSPS) is 12.8. The van der Waals surface area contributed by atoms with E-state index in [1.54, 1.807) is 18.6 Å². The molecule has 0 saturated carbocycles. The van der Waals surface area contributed by atoms with Gasteiger partial charge in [0.25, 0.3) is 10.1 Å². The fourth-order valence-electron chi connectivity index (χ4n) is 3.75. The van der Waals surface area contributed by atoms with Gasteiger partial charge in [-0.15, -0.1) is 0 Å². The minimum absolute atomic E-state index is 0.273. The first kappa shape index (κ1) is 19.6. The summed E-state index contributed by atoms with van der Waals surface area (Å²) in [6.45, 7) is 2.01. The second-order valence-corrected chi connectivity index (χ2v) is 8.85. The smallest absolute Gasteiger partial charge is 0.264 e. The number of nitrogens with zero attached hydrogens (tertiary/aromatic N) is 4. The van der Waals surface area contributed by atoms with Crippen molar-refractivity contribution in [1.29, 1.82) is 0 Å². The number of aromatic nitrogens is 4. The summed E-state index contributed by atoms with van der Waals surface area (Å²) in [5, 5.41) is 3.39. The number of anilines is 2. The fourth-order valence-corrected chi connectivity index (χ4v) is 4.25. The zero-order valence-corrected chi connectivity index (χ0v) is 17.5. The van der Waals surface area contributed by atoms with Crippen LogP contribution in [-0.2, 0) is 23.0 Å². The molecule has 0 bridgehead atoms. The highest BCUT2D eigenvalue weighted by molar-refractivity contribution is 7.85. The van der Waals surface area contributed by atoms with Crippen molar-refractivity contribution in [2.75, 3.05) is 11.1 Å². The van der Waals surface area contributed by atoms with Crippen LogP contribution in [0.5, 0.6) is 11.5 Å². The minimum atomic E-state index is -4.01. The number of hydrogen-bond acceptors (Lipinski definition) is 8. The number of benzene rings is 2. The molecule has 2 N–H and O–H groups in total. The molecular weight excluding hydrogens is 418 g/mol. The van der Waals surface area contributed by atoms with E-state index in [0.717, 1.165) is 23.4 Å². The molecule has 0 saturated heterocycles. The van der Waals surface area contributed by atoms with Crippen LogP contribution in [0.15, 0.2) is 36.8 Å². The third kappa shape index (κ3) is 3.53. The Balaban J connectivity index is 1.65. The van der Waals surface area contributed by atoms with Crippen molar-refractivity contribution >= 4 is 43.6 Å². The highest BCUT2D eigenvalue weighted by Crippen LogP contribution is 2.49. The van der Waals surface area contributed by atoms with Gasteiger partial charge in [0.2, 0.25) is 0 Å². The van der Waals surface area contributed by atoms with Crippen LogP contribution in [0.4, 0.5) is 11.4 Å². The molecule has 0 radical (unpaired) electrons. The molecule has 0 unspecified atom stereocenters. The van der Waals surface area contributed by atoms with Gasteiger partial charge in [-0.25, -0.2) is 9.97 Å². The van der Waals surface area contributed by atoms with E-state index < -0.39 is 10.1 Å². The highest BCUT2D eigenvalue weighted by Gasteiger charge is 2.27. The summed E-state index contributed by atoms with van der Waals surface area (Å²) in [5.41, 5.74) is 5.54. The number of fused-ring (bicyclic) bond motifs is 7. The second-order valence-electron chi connectivity index (χ2n) is 7.28. The van der Waals surface area contributed by atoms with Crippen LogP contribution in [0, 0.1) is 0 Å². The molecule has 158 valence electrons. The molecule has 10 heteroatoms. The Morgan fingerprint density at radius 1 is 1.03 bits per heavy atom. The van der Waals surface area contributed by atoms with E-state index >= 15 is 0 Å². The van der Waals surface area contributed by atoms with Gasteiger partial charge in [0, 0.05) is 18.6 Å². The summed E-state index contributed by atoms with van der Waals surface area (Å²) in [7, 11) is -4.01. The first-order valence-electron chi connectivity index (χ1n) is 9.89. The molecule has 1 aliphatic rings. The molecule has 9 nitrogen and oxygen atoms in total. The summed E-state index contributed by atoms with van der Waals surface area (Å²) >= 11 is 0. The summed E-state index contributed by atoms with van der Waals surface area (Å²) < 4.78 is 37.5. The van der Waals surface area contributed by atoms with Crippen LogP contribution in [-0.4, -0.2) is 38.7 Å². The average Bonchev–Trinajstić information content (AvgIpc) is 2.77. The van der Waals surface area contributed by atoms with Gasteiger partial charge in [0.1, 0.15) is 27.8 Å². The van der Waals surface area contributed by atoms with Crippen molar-refractivity contribution in [2.45, 2.75) is 26.2 Å². The first-order valence-corrected chi connectivity index (χ1v) is 11.5. The molecular formula is C21H19N5O4S. The molecule has 0 fully saturated rings. The molecule has 0 aliphatic carbocycles. The van der Waals surface area contributed by atoms with Gasteiger partial charge in [-0.1, -0.05) is 19.1 Å². The number of rotatable bonds is 5. The standard InChI is InChI=1S/C21H19N5O4S/c1-2-13-11-24-18-17(25-13)15-16(23-9-8-22-15)19-21(18)30-20-12(5-3-7-14(20)26-19)6-4-10-31(27,28)29/h3,5,7-9,11,26H,2,4,6,10H2,1H3,(H,27,28,29). The lowest BCUT2D eigenvalue weighted by atomic mass is 10.1. The van der Waals surface area contributed by atoms with Crippen molar-refractivity contribution in [1.82, 2.24) is 19.9 Å². The van der Waals surface area contributed by atoms with Gasteiger partial charge in [-0.3, -0.25) is 14.5 Å². The quantitative estimate of drug-likeness (QED) is 0.312. The third-order valence-electron chi connectivity index (χ3n) is 5.19. The lowest BCUT2D eigenvalue weighted by Gasteiger charge is -2.25. The summed E-state index contributed by atoms with van der Waals surface area (Å²) in [5.74, 6) is 0.791. The van der Waals surface area contributed by atoms with Crippen LogP contribution < -0.4 is 10.1 Å². The molecule has 3 heterocycles. The van der Waals surface area contributed by atoms with Gasteiger partial charge in [0.15, 0.2) is 11.5 Å². The maximum atomic E-state index is 11.1. The van der Waals surface area contributed by atoms with Gasteiger partial charge in [0.05, 0.1) is 17.1 Å². The Morgan fingerprint density at radius 3 is 2.61 bits per heavy atom. The number of hydrogen-bond donors (Lipinski definition) is 2. The molecule has 5 rings (SSSR count). The number of para-hydroxylation sites is 1. The Bertz CT molecular complexity index is 1440. The SMILES string of the molecule is CCc1cnc2c3c(c4nccnc4c2n1)Nc1cccc(CCCS(=O)(=O)O)c1O3. The zero-order chi connectivity index (χ0) is 21.6. The van der Waals surface area contributed by atoms with Crippen molar-refractivity contribution in [3.8, 4) is 11.5 Å². The van der Waals surface area contributed by atoms with Crippen LogP contribution in [0.25, 0.3) is 22.1 Å². The monoisotopic (exact) mass is 437 g/mol. The molecule has 31 heavy (non-hydrogen) atoms. The van der Waals surface area contributed by atoms with Gasteiger partial charge in [-0.2, -0.15) is 8.42 Å². The van der Waals surface area contributed by atoms with E-state index in [-0.39, 0.29) is 12.2 Å². The molecule has 2 aromatic carbocycles. The zero-order valence-electron chi connectivity index (χ0n) is 16.7. The predicted molar refractivity (Wildman–Crippen MR) is 117 cm³/mol. The molecule has 0 spiro atoms. The van der Waals surface area contributed by atoms with E-state index in [1.807, 2.05) is 25.1 Å². The van der Waals surface area contributed by atoms with Crippen LogP contribution in [0.2, 0.25) is 0 Å². The van der Waals surface area contributed by atoms with Gasteiger partial charge >= 0.3 is 0 Å². The first-order chi connectivity index (χ1) is 14.9. The maximum Gasteiger partial charge on any atom is 0.264 e. The Hall–Kier alpha value is -3.37. The van der Waals surface area contributed by atoms with Crippen LogP contribution >= 0.6 is 0 Å². The van der Waals surface area contributed by atoms with Gasteiger partial charge < -0.3 is 10.1 Å². The number of aryl methyl sites for hydroxylation is 2. The highest BCUT2D eigenvalue weighted by atomic mass is 32.2. The molecule has 2 aromatic heterocycles. The lowest BCUT2D eigenvalue weighted by molar-refractivity contribution is 0.474. The van der Waals surface area contributed by atoms with Crippen LogP contribution in [0.1, 0.15) is 24.6 Å². The van der Waals surface area contributed by atoms with E-state index in [4.69, 9.17) is 14.3 Å². The second kappa shape index (κ2) is 7.40. The van der Waals surface area contributed by atoms with Crippen molar-refractivity contribution in [3.63, 3.8) is 0 Å². The lowest BCUT2D eigenvalue weighted by Crippen LogP contribution is -2.10. The number of ether oxygens (including phenoxy) is 1. The number of nitrogens with one attached hydrogen (secondary N) is 1. The summed E-state index contributed by atoms with van der Waals surface area (Å²) in [6.07, 6.45) is 6.41. The topological polar surface area (TPSA) is 127 Å². The largest absolute Gasteiger partial charge is 0.450 e. The van der Waals surface area contributed by atoms with Crippen molar-refractivity contribution < 1.29 is 17.7 Å². The Morgan fingerprint density at radius 2 is 1.84 bits per heavy atom. The Kier molecular flexibility index (Phi) is 4.67. The molecule has 4 aromatic rings. The molecule has 0 amide bonds. The van der Waals surface area contributed by atoms with Crippen molar-refractivity contribution in [3.05, 3.63) is 48.0 Å². The van der Waals surface area contributed by atoms with E-state index in [9.17, 15) is 8.42 Å². The average molecular weight is 437 g/mol. The van der Waals surface area contributed by atoms with E-state index in [0.29, 0.717) is 45.7 Å². The van der Waals surface area contributed by atoms with E-state index in [1.165, 1.54) is 0 Å². The third-order valence-corrected chi connectivity index (χ3v) is 6.00. The van der Waals surface area contributed by atoms with Gasteiger partial charge in [-0.05, 0) is 30.9 Å². The minimum Gasteiger partial charge on any atom is -0.450 e. The molecule has 1 aliphatic heterocycles. The molecule has 0 atom stereocenters. The van der Waals surface area contributed by atoms with Crippen molar-refractivity contribution in [2.24, 2.45) is 0 Å². The summed E-state index contributed by atoms with van der Waals surface area (Å²) in [4.78, 5) is 18.3. The van der Waals surface area contributed by atoms with Crippen LogP contribution in [0.3, 0.4) is 0 Å². The Labute approximate surface area is 178 Å². The predicted octanol–water partition coefficient (Wildman–Crippen LogP) is 3.81. The maximum absolute atomic E-state index is 11.1. The van der Waals surface area contributed by atoms with E-state index in [2.05, 4.69) is 20.3 Å². The fraction of sp³-hybridized carbons (Fsp3) is 0.238. The summed E-state index contributed by atoms with van der Waals surface area (Å²) in [6, 6.07) is 5.62.